The third-order valence-electron chi connectivity index (χ3n) is 3.31. The van der Waals surface area contributed by atoms with Crippen molar-refractivity contribution in [1.29, 1.82) is 0 Å². The second kappa shape index (κ2) is 6.91. The number of carbonyl (C=O) groups is 2. The Morgan fingerprint density at radius 3 is 2.90 bits per heavy atom. The number of anilines is 1. The largest absolute Gasteiger partial charge is 0.451 e. The first-order valence-electron chi connectivity index (χ1n) is 6.86. The Morgan fingerprint density at radius 1 is 1.48 bits per heavy atom. The van der Waals surface area contributed by atoms with Crippen LogP contribution in [0.25, 0.3) is 0 Å². The second-order valence-corrected chi connectivity index (χ2v) is 5.47. The fourth-order valence-electron chi connectivity index (χ4n) is 2.03. The van der Waals surface area contributed by atoms with E-state index in [1.54, 1.807) is 18.2 Å². The van der Waals surface area contributed by atoms with Crippen molar-refractivity contribution in [1.82, 2.24) is 0 Å². The minimum absolute atomic E-state index is 0.397. The summed E-state index contributed by atoms with van der Waals surface area (Å²) < 4.78 is 10.4. The molecule has 114 valence electrons. The van der Waals surface area contributed by atoms with Crippen LogP contribution < -0.4 is 5.32 Å². The lowest BCUT2D eigenvalue weighted by molar-refractivity contribution is -0.162. The lowest BCUT2D eigenvalue weighted by atomic mass is 10.2. The highest BCUT2D eigenvalue weighted by molar-refractivity contribution is 6.31. The number of hydrogen-bond donors (Lipinski definition) is 1. The van der Waals surface area contributed by atoms with Gasteiger partial charge in [0.05, 0.1) is 0 Å². The first-order valence-corrected chi connectivity index (χ1v) is 7.24. The van der Waals surface area contributed by atoms with Crippen molar-refractivity contribution in [2.45, 2.75) is 38.9 Å². The average molecular weight is 312 g/mol. The Hall–Kier alpha value is -1.59. The highest BCUT2D eigenvalue weighted by Gasteiger charge is 2.28. The maximum absolute atomic E-state index is 12.1. The van der Waals surface area contributed by atoms with Gasteiger partial charge in [-0.15, -0.1) is 0 Å². The van der Waals surface area contributed by atoms with Crippen molar-refractivity contribution in [3.8, 4) is 0 Å². The predicted octanol–water partition coefficient (Wildman–Crippen LogP) is 2.70. The van der Waals surface area contributed by atoms with E-state index in [9.17, 15) is 9.59 Å². The Balaban J connectivity index is 1.93. The molecule has 1 aromatic carbocycles. The molecule has 1 aromatic rings. The number of benzene rings is 1. The number of ether oxygens (including phenoxy) is 2. The summed E-state index contributed by atoms with van der Waals surface area (Å²) in [5.74, 6) is -0.885. The standard InChI is InChI=1S/C15H18ClNO4/c1-9-5-6-11(16)8-12(9)17-14(18)10(2)21-15(19)13-4-3-7-20-13/h5-6,8,10,13H,3-4,7H2,1-2H3,(H,17,18)/t10-,13+/m1/s1. The summed E-state index contributed by atoms with van der Waals surface area (Å²) in [7, 11) is 0. The normalized spacial score (nSPS) is 19.1. The van der Waals surface area contributed by atoms with E-state index in [0.717, 1.165) is 12.0 Å². The Bertz CT molecular complexity index is 540. The fraction of sp³-hybridized carbons (Fsp3) is 0.467. The summed E-state index contributed by atoms with van der Waals surface area (Å²) in [6.45, 7) is 3.94. The zero-order valence-electron chi connectivity index (χ0n) is 12.0. The number of esters is 1. The van der Waals surface area contributed by atoms with E-state index in [1.165, 1.54) is 6.92 Å². The van der Waals surface area contributed by atoms with Crippen LogP contribution in [0.5, 0.6) is 0 Å². The van der Waals surface area contributed by atoms with Crippen molar-refractivity contribution in [3.63, 3.8) is 0 Å². The van der Waals surface area contributed by atoms with Gasteiger partial charge in [-0.05, 0) is 44.4 Å². The molecule has 2 rings (SSSR count). The molecule has 1 saturated heterocycles. The summed E-state index contributed by atoms with van der Waals surface area (Å²) in [4.78, 5) is 23.8. The summed E-state index contributed by atoms with van der Waals surface area (Å²) >= 11 is 5.90. The van der Waals surface area contributed by atoms with Crippen LogP contribution in [0.15, 0.2) is 18.2 Å². The van der Waals surface area contributed by atoms with Crippen LogP contribution in [-0.2, 0) is 19.1 Å². The topological polar surface area (TPSA) is 64.6 Å². The van der Waals surface area contributed by atoms with Gasteiger partial charge in [0.15, 0.2) is 12.2 Å². The number of aryl methyl sites for hydroxylation is 1. The maximum atomic E-state index is 12.1. The Labute approximate surface area is 128 Å². The molecule has 0 spiro atoms. The van der Waals surface area contributed by atoms with Gasteiger partial charge in [-0.1, -0.05) is 17.7 Å². The van der Waals surface area contributed by atoms with Crippen molar-refractivity contribution >= 4 is 29.2 Å². The number of amides is 1. The molecule has 1 aliphatic rings. The molecule has 1 amide bonds. The molecule has 1 heterocycles. The number of halogens is 1. The summed E-state index contributed by atoms with van der Waals surface area (Å²) in [5, 5.41) is 3.23. The van der Waals surface area contributed by atoms with Crippen LogP contribution in [0.2, 0.25) is 5.02 Å². The van der Waals surface area contributed by atoms with Crippen molar-refractivity contribution in [2.24, 2.45) is 0 Å². The minimum atomic E-state index is -0.889. The molecule has 21 heavy (non-hydrogen) atoms. The van der Waals surface area contributed by atoms with Gasteiger partial charge in [0, 0.05) is 17.3 Å². The molecular weight excluding hydrogens is 294 g/mol. The first kappa shape index (κ1) is 15.8. The van der Waals surface area contributed by atoms with Gasteiger partial charge in [-0.3, -0.25) is 4.79 Å². The molecule has 5 nitrogen and oxygen atoms in total. The van der Waals surface area contributed by atoms with E-state index in [1.807, 2.05) is 6.92 Å². The van der Waals surface area contributed by atoms with Gasteiger partial charge in [0.25, 0.3) is 5.91 Å². The highest BCUT2D eigenvalue weighted by Crippen LogP contribution is 2.21. The Morgan fingerprint density at radius 2 is 2.24 bits per heavy atom. The third kappa shape index (κ3) is 4.19. The highest BCUT2D eigenvalue weighted by atomic mass is 35.5. The molecule has 6 heteroatoms. The lowest BCUT2D eigenvalue weighted by Crippen LogP contribution is -2.34. The van der Waals surface area contributed by atoms with E-state index in [4.69, 9.17) is 21.1 Å². The van der Waals surface area contributed by atoms with Crippen molar-refractivity contribution in [3.05, 3.63) is 28.8 Å². The van der Waals surface area contributed by atoms with E-state index >= 15 is 0 Å². The van der Waals surface area contributed by atoms with Crippen molar-refractivity contribution in [2.75, 3.05) is 11.9 Å². The van der Waals surface area contributed by atoms with E-state index in [0.29, 0.717) is 23.7 Å². The van der Waals surface area contributed by atoms with Crippen LogP contribution in [0.1, 0.15) is 25.3 Å². The molecule has 0 bridgehead atoms. The van der Waals surface area contributed by atoms with Gasteiger partial charge in [-0.2, -0.15) is 0 Å². The van der Waals surface area contributed by atoms with Crippen LogP contribution in [0.3, 0.4) is 0 Å². The van der Waals surface area contributed by atoms with Crippen LogP contribution in [-0.4, -0.2) is 30.7 Å². The molecule has 0 unspecified atom stereocenters. The zero-order valence-corrected chi connectivity index (χ0v) is 12.8. The molecule has 0 radical (unpaired) electrons. The quantitative estimate of drug-likeness (QED) is 0.868. The van der Waals surface area contributed by atoms with Gasteiger partial charge >= 0.3 is 5.97 Å². The van der Waals surface area contributed by atoms with Crippen molar-refractivity contribution < 1.29 is 19.1 Å². The molecule has 0 aliphatic carbocycles. The summed E-state index contributed by atoms with van der Waals surface area (Å²) in [6.07, 6.45) is 0.0380. The summed E-state index contributed by atoms with van der Waals surface area (Å²) in [6, 6.07) is 5.21. The molecule has 0 saturated carbocycles. The molecule has 1 aliphatic heterocycles. The third-order valence-corrected chi connectivity index (χ3v) is 3.55. The van der Waals surface area contributed by atoms with Gasteiger partial charge in [0.2, 0.25) is 0 Å². The average Bonchev–Trinajstić information content (AvgIpc) is 2.97. The minimum Gasteiger partial charge on any atom is -0.451 e. The smallest absolute Gasteiger partial charge is 0.336 e. The van der Waals surface area contributed by atoms with E-state index < -0.39 is 24.1 Å². The number of rotatable bonds is 4. The van der Waals surface area contributed by atoms with E-state index in [-0.39, 0.29) is 0 Å². The number of hydrogen-bond acceptors (Lipinski definition) is 4. The number of nitrogens with one attached hydrogen (secondary N) is 1. The van der Waals surface area contributed by atoms with Crippen LogP contribution in [0, 0.1) is 6.92 Å². The molecule has 1 fully saturated rings. The second-order valence-electron chi connectivity index (χ2n) is 5.03. The SMILES string of the molecule is Cc1ccc(Cl)cc1NC(=O)[C@@H](C)OC(=O)[C@@H]1CCCO1. The predicted molar refractivity (Wildman–Crippen MR) is 79.3 cm³/mol. The monoisotopic (exact) mass is 311 g/mol. The number of carbonyl (C=O) groups excluding carboxylic acids is 2. The van der Waals surface area contributed by atoms with Crippen LogP contribution in [0.4, 0.5) is 5.69 Å². The molecule has 1 N–H and O–H groups in total. The van der Waals surface area contributed by atoms with Gasteiger partial charge < -0.3 is 14.8 Å². The van der Waals surface area contributed by atoms with Gasteiger partial charge in [-0.25, -0.2) is 4.79 Å². The van der Waals surface area contributed by atoms with Gasteiger partial charge in [0.1, 0.15) is 0 Å². The molecular formula is C15H18ClNO4. The zero-order chi connectivity index (χ0) is 15.4. The lowest BCUT2D eigenvalue weighted by Gasteiger charge is -2.16. The molecule has 2 atom stereocenters. The van der Waals surface area contributed by atoms with Crippen LogP contribution >= 0.6 is 11.6 Å². The first-order chi connectivity index (χ1) is 9.97. The maximum Gasteiger partial charge on any atom is 0.336 e. The summed E-state index contributed by atoms with van der Waals surface area (Å²) in [5.41, 5.74) is 1.48. The fourth-order valence-corrected chi connectivity index (χ4v) is 2.20. The Kier molecular flexibility index (Phi) is 5.20. The molecule has 0 aromatic heterocycles. The van der Waals surface area contributed by atoms with E-state index in [2.05, 4.69) is 5.32 Å².